The molecule has 0 saturated heterocycles. The van der Waals surface area contributed by atoms with E-state index in [1.807, 2.05) is 0 Å². The first-order valence-corrected chi connectivity index (χ1v) is 5.86. The summed E-state index contributed by atoms with van der Waals surface area (Å²) in [6.45, 7) is 2.08. The zero-order valence-corrected chi connectivity index (χ0v) is 10.9. The molecule has 1 amide bonds. The number of hydrogen-bond acceptors (Lipinski definition) is 5. The maximum atomic E-state index is 11.0. The van der Waals surface area contributed by atoms with Crippen LogP contribution in [0.15, 0.2) is 18.2 Å². The van der Waals surface area contributed by atoms with E-state index in [-0.39, 0.29) is 24.3 Å². The Hall–Kier alpha value is -2.48. The fraction of sp³-hybridized carbons (Fsp3) is 0.333. The van der Waals surface area contributed by atoms with Crippen LogP contribution < -0.4 is 5.73 Å². The Morgan fingerprint density at radius 2 is 2.10 bits per heavy atom. The predicted molar refractivity (Wildman–Crippen MR) is 70.2 cm³/mol. The maximum absolute atomic E-state index is 11.0. The molecular formula is C12H15N3O5. The number of likely N-dealkylation sites (N-methyl/N-ethyl adjacent to an activating group) is 1. The number of nitro benzene ring substituents is 1. The third-order valence-electron chi connectivity index (χ3n) is 2.77. The monoisotopic (exact) mass is 281 g/mol. The number of primary amides is 1. The van der Waals surface area contributed by atoms with E-state index in [2.05, 4.69) is 0 Å². The number of nitrogens with zero attached hydrogens (tertiary/aromatic N) is 2. The topological polar surface area (TPSA) is 127 Å². The van der Waals surface area contributed by atoms with Crippen LogP contribution >= 0.6 is 0 Å². The van der Waals surface area contributed by atoms with E-state index < -0.39 is 16.8 Å². The summed E-state index contributed by atoms with van der Waals surface area (Å²) < 4.78 is 0. The average molecular weight is 281 g/mol. The zero-order chi connectivity index (χ0) is 15.3. The Bertz CT molecular complexity index is 544. The first-order valence-electron chi connectivity index (χ1n) is 5.86. The molecule has 1 rings (SSSR count). The summed E-state index contributed by atoms with van der Waals surface area (Å²) in [4.78, 5) is 33.6. The van der Waals surface area contributed by atoms with Crippen molar-refractivity contribution in [2.24, 2.45) is 5.73 Å². The molecule has 0 spiro atoms. The molecule has 3 N–H and O–H groups in total. The van der Waals surface area contributed by atoms with Crippen LogP contribution in [0.4, 0.5) is 5.69 Å². The summed E-state index contributed by atoms with van der Waals surface area (Å²) in [6.07, 6.45) is 0. The van der Waals surface area contributed by atoms with E-state index in [1.54, 1.807) is 6.92 Å². The van der Waals surface area contributed by atoms with Crippen LogP contribution in [0.25, 0.3) is 0 Å². The van der Waals surface area contributed by atoms with Gasteiger partial charge in [-0.3, -0.25) is 24.6 Å². The van der Waals surface area contributed by atoms with Crippen molar-refractivity contribution in [3.63, 3.8) is 0 Å². The molecule has 8 heteroatoms. The summed E-state index contributed by atoms with van der Waals surface area (Å²) in [6, 6.07) is 3.91. The van der Waals surface area contributed by atoms with Crippen molar-refractivity contribution >= 4 is 17.6 Å². The molecule has 108 valence electrons. The van der Waals surface area contributed by atoms with Crippen LogP contribution in [0.1, 0.15) is 22.8 Å². The van der Waals surface area contributed by atoms with Crippen LogP contribution in [-0.2, 0) is 11.3 Å². The normalized spacial score (nSPS) is 10.5. The molecule has 20 heavy (non-hydrogen) atoms. The summed E-state index contributed by atoms with van der Waals surface area (Å²) in [5.74, 6) is -1.76. The van der Waals surface area contributed by atoms with Gasteiger partial charge in [-0.1, -0.05) is 13.0 Å². The number of nitro groups is 1. The van der Waals surface area contributed by atoms with Gasteiger partial charge < -0.3 is 10.8 Å². The molecule has 0 radical (unpaired) electrons. The summed E-state index contributed by atoms with van der Waals surface area (Å²) in [5, 5.41) is 19.8. The third kappa shape index (κ3) is 4.02. The van der Waals surface area contributed by atoms with E-state index in [4.69, 9.17) is 10.8 Å². The number of aliphatic carboxylic acids is 1. The van der Waals surface area contributed by atoms with Crippen molar-refractivity contribution < 1.29 is 19.6 Å². The molecule has 0 aliphatic heterocycles. The Kier molecular flexibility index (Phi) is 5.15. The second-order valence-corrected chi connectivity index (χ2v) is 4.16. The van der Waals surface area contributed by atoms with Gasteiger partial charge in [0.15, 0.2) is 0 Å². The van der Waals surface area contributed by atoms with Crippen molar-refractivity contribution in [1.82, 2.24) is 4.90 Å². The number of carbonyl (C=O) groups excluding carboxylic acids is 1. The highest BCUT2D eigenvalue weighted by atomic mass is 16.6. The first kappa shape index (κ1) is 15.6. The number of benzene rings is 1. The number of nitrogens with two attached hydrogens (primary N) is 1. The van der Waals surface area contributed by atoms with Gasteiger partial charge in [-0.25, -0.2) is 0 Å². The molecule has 0 heterocycles. The molecule has 0 atom stereocenters. The van der Waals surface area contributed by atoms with Gasteiger partial charge in [0.25, 0.3) is 5.69 Å². The van der Waals surface area contributed by atoms with Crippen LogP contribution in [0.5, 0.6) is 0 Å². The van der Waals surface area contributed by atoms with E-state index >= 15 is 0 Å². The van der Waals surface area contributed by atoms with E-state index in [1.165, 1.54) is 17.0 Å². The maximum Gasteiger partial charge on any atom is 0.317 e. The minimum absolute atomic E-state index is 0.0433. The Morgan fingerprint density at radius 3 is 2.55 bits per heavy atom. The lowest BCUT2D eigenvalue weighted by Crippen LogP contribution is -2.29. The first-order chi connectivity index (χ1) is 9.35. The standard InChI is InChI=1S/C12H15N3O5/c1-2-14(7-11(16)17)6-9-4-3-8(12(13)18)5-10(9)15(19)20/h3-5H,2,6-7H2,1H3,(H2,13,18)(H,16,17). The molecule has 0 fully saturated rings. The molecule has 0 aliphatic rings. The molecular weight excluding hydrogens is 266 g/mol. The fourth-order valence-electron chi connectivity index (χ4n) is 1.73. The summed E-state index contributed by atoms with van der Waals surface area (Å²) in [7, 11) is 0. The second kappa shape index (κ2) is 6.62. The molecule has 8 nitrogen and oxygen atoms in total. The molecule has 1 aromatic rings. The van der Waals surface area contributed by atoms with Crippen LogP contribution in [0.3, 0.4) is 0 Å². The second-order valence-electron chi connectivity index (χ2n) is 4.16. The minimum atomic E-state index is -1.01. The number of carbonyl (C=O) groups is 2. The smallest absolute Gasteiger partial charge is 0.317 e. The van der Waals surface area contributed by atoms with Crippen LogP contribution in [0.2, 0.25) is 0 Å². The highest BCUT2D eigenvalue weighted by Gasteiger charge is 2.19. The van der Waals surface area contributed by atoms with Crippen molar-refractivity contribution in [3.05, 3.63) is 39.4 Å². The van der Waals surface area contributed by atoms with Crippen LogP contribution in [0, 0.1) is 10.1 Å². The lowest BCUT2D eigenvalue weighted by atomic mass is 10.1. The molecule has 0 aliphatic carbocycles. The number of hydrogen-bond donors (Lipinski definition) is 2. The Balaban J connectivity index is 3.07. The summed E-state index contributed by atoms with van der Waals surface area (Å²) in [5.41, 5.74) is 5.21. The minimum Gasteiger partial charge on any atom is -0.480 e. The lowest BCUT2D eigenvalue weighted by Gasteiger charge is -2.18. The Labute approximate surface area is 114 Å². The number of carboxylic acids is 1. The van der Waals surface area contributed by atoms with Gasteiger partial charge in [-0.15, -0.1) is 0 Å². The van der Waals surface area contributed by atoms with Gasteiger partial charge in [0.05, 0.1) is 11.5 Å². The highest BCUT2D eigenvalue weighted by Crippen LogP contribution is 2.21. The van der Waals surface area contributed by atoms with Crippen molar-refractivity contribution in [2.45, 2.75) is 13.5 Å². The quantitative estimate of drug-likeness (QED) is 0.556. The van der Waals surface area contributed by atoms with Gasteiger partial charge in [0, 0.05) is 23.7 Å². The lowest BCUT2D eigenvalue weighted by molar-refractivity contribution is -0.385. The van der Waals surface area contributed by atoms with Gasteiger partial charge in [-0.05, 0) is 12.6 Å². The third-order valence-corrected chi connectivity index (χ3v) is 2.77. The SMILES string of the molecule is CCN(CC(=O)O)Cc1ccc(C(N)=O)cc1[N+](=O)[O-]. The van der Waals surface area contributed by atoms with Gasteiger partial charge in [-0.2, -0.15) is 0 Å². The van der Waals surface area contributed by atoms with Gasteiger partial charge in [0.1, 0.15) is 0 Å². The predicted octanol–water partition coefficient (Wildman–Crippen LogP) is 0.600. The van der Waals surface area contributed by atoms with Crippen molar-refractivity contribution in [2.75, 3.05) is 13.1 Å². The Morgan fingerprint density at radius 1 is 1.45 bits per heavy atom. The molecule has 0 unspecified atom stereocenters. The number of rotatable bonds is 7. The average Bonchev–Trinajstić information content (AvgIpc) is 2.37. The van der Waals surface area contributed by atoms with E-state index in [0.29, 0.717) is 12.1 Å². The summed E-state index contributed by atoms with van der Waals surface area (Å²) >= 11 is 0. The van der Waals surface area contributed by atoms with Crippen molar-refractivity contribution in [3.8, 4) is 0 Å². The largest absolute Gasteiger partial charge is 0.480 e. The number of carboxylic acid groups (broad SMARTS) is 1. The van der Waals surface area contributed by atoms with Crippen LogP contribution in [-0.4, -0.2) is 39.9 Å². The molecule has 0 aromatic heterocycles. The highest BCUT2D eigenvalue weighted by molar-refractivity contribution is 5.93. The molecule has 0 bridgehead atoms. The van der Waals surface area contributed by atoms with Gasteiger partial charge >= 0.3 is 5.97 Å². The molecule has 0 saturated carbocycles. The van der Waals surface area contributed by atoms with E-state index in [0.717, 1.165) is 6.07 Å². The zero-order valence-electron chi connectivity index (χ0n) is 10.9. The van der Waals surface area contributed by atoms with Crippen molar-refractivity contribution in [1.29, 1.82) is 0 Å². The fourth-order valence-corrected chi connectivity index (χ4v) is 1.73. The van der Waals surface area contributed by atoms with E-state index in [9.17, 15) is 19.7 Å². The number of amides is 1. The molecule has 1 aromatic carbocycles. The van der Waals surface area contributed by atoms with Gasteiger partial charge in [0.2, 0.25) is 5.91 Å².